The molecule has 1 unspecified atom stereocenters. The maximum Gasteiger partial charge on any atom is 0.151 e. The molecule has 1 aliphatic heterocycles. The largest absolute Gasteiger partial charge is 0.392 e. The van der Waals surface area contributed by atoms with Gasteiger partial charge in [-0.1, -0.05) is 12.1 Å². The van der Waals surface area contributed by atoms with Crippen molar-refractivity contribution < 1.29 is 13.5 Å². The Kier molecular flexibility index (Phi) is 3.56. The summed E-state index contributed by atoms with van der Waals surface area (Å²) in [5.74, 6) is 0.610. The molecule has 0 aromatic heterocycles. The van der Waals surface area contributed by atoms with Crippen LogP contribution in [0.5, 0.6) is 0 Å². The van der Waals surface area contributed by atoms with E-state index < -0.39 is 9.84 Å². The van der Waals surface area contributed by atoms with Crippen LogP contribution in [0.2, 0.25) is 0 Å². The van der Waals surface area contributed by atoms with Gasteiger partial charge in [-0.15, -0.1) is 11.8 Å². The Morgan fingerprint density at radius 3 is 2.50 bits per heavy atom. The van der Waals surface area contributed by atoms with Crippen molar-refractivity contribution in [1.29, 1.82) is 0 Å². The quantitative estimate of drug-likeness (QED) is 0.892. The normalized spacial score (nSPS) is 23.4. The number of hydrogen-bond donors (Lipinski definition) is 1. The highest BCUT2D eigenvalue weighted by molar-refractivity contribution is 8.01. The second-order valence-corrected chi connectivity index (χ2v) is 7.55. The van der Waals surface area contributed by atoms with Crippen LogP contribution >= 0.6 is 11.8 Å². The molecule has 1 fully saturated rings. The van der Waals surface area contributed by atoms with E-state index in [1.165, 1.54) is 0 Å². The highest BCUT2D eigenvalue weighted by Gasteiger charge is 2.28. The number of thioether (sulfide) groups is 1. The molecule has 5 heteroatoms. The molecule has 0 radical (unpaired) electrons. The average molecular weight is 258 g/mol. The summed E-state index contributed by atoms with van der Waals surface area (Å²) < 4.78 is 22.6. The Balaban J connectivity index is 1.99. The molecule has 0 spiro atoms. The van der Waals surface area contributed by atoms with Crippen molar-refractivity contribution in [3.8, 4) is 0 Å². The van der Waals surface area contributed by atoms with E-state index >= 15 is 0 Å². The van der Waals surface area contributed by atoms with Crippen LogP contribution in [0.3, 0.4) is 0 Å². The standard InChI is InChI=1S/C11H14O3S2/c12-7-9-1-3-10(4-2-9)15-11-5-6-16(13,14)8-11/h1-4,11-12H,5-8H2. The molecule has 3 nitrogen and oxygen atoms in total. The molecule has 1 aliphatic rings. The summed E-state index contributed by atoms with van der Waals surface area (Å²) in [5.41, 5.74) is 0.878. The van der Waals surface area contributed by atoms with E-state index in [4.69, 9.17) is 5.11 Å². The van der Waals surface area contributed by atoms with Crippen LogP contribution in [0.1, 0.15) is 12.0 Å². The first-order valence-electron chi connectivity index (χ1n) is 5.16. The number of aliphatic hydroxyl groups excluding tert-OH is 1. The summed E-state index contributed by atoms with van der Waals surface area (Å²) in [6, 6.07) is 7.60. The number of hydrogen-bond acceptors (Lipinski definition) is 4. The lowest BCUT2D eigenvalue weighted by Crippen LogP contribution is -2.05. The van der Waals surface area contributed by atoms with Crippen LogP contribution in [-0.2, 0) is 16.4 Å². The summed E-state index contributed by atoms with van der Waals surface area (Å²) >= 11 is 1.61. The monoisotopic (exact) mass is 258 g/mol. The molecule has 1 N–H and O–H groups in total. The second-order valence-electron chi connectivity index (χ2n) is 3.94. The van der Waals surface area contributed by atoms with E-state index in [9.17, 15) is 8.42 Å². The Morgan fingerprint density at radius 2 is 2.00 bits per heavy atom. The molecule has 0 bridgehead atoms. The second kappa shape index (κ2) is 4.77. The molecular weight excluding hydrogens is 244 g/mol. The van der Waals surface area contributed by atoms with Crippen LogP contribution in [0.4, 0.5) is 0 Å². The lowest BCUT2D eigenvalue weighted by molar-refractivity contribution is 0.282. The van der Waals surface area contributed by atoms with Crippen LogP contribution in [0.25, 0.3) is 0 Å². The fraction of sp³-hybridized carbons (Fsp3) is 0.455. The smallest absolute Gasteiger partial charge is 0.151 e. The van der Waals surface area contributed by atoms with Crippen LogP contribution in [0.15, 0.2) is 29.2 Å². The van der Waals surface area contributed by atoms with Gasteiger partial charge < -0.3 is 5.11 Å². The number of aliphatic hydroxyl groups is 1. The van der Waals surface area contributed by atoms with Crippen molar-refractivity contribution >= 4 is 21.6 Å². The Bertz CT molecular complexity index is 451. The van der Waals surface area contributed by atoms with E-state index in [1.807, 2.05) is 24.3 Å². The Labute approximate surface area is 99.8 Å². The first kappa shape index (κ1) is 12.0. The third-order valence-electron chi connectivity index (χ3n) is 2.60. The number of rotatable bonds is 3. The summed E-state index contributed by atoms with van der Waals surface area (Å²) in [7, 11) is -2.79. The van der Waals surface area contributed by atoms with Gasteiger partial charge in [0.2, 0.25) is 0 Å². The third kappa shape index (κ3) is 2.99. The van der Waals surface area contributed by atoms with Gasteiger partial charge in [-0.2, -0.15) is 0 Å². The highest BCUT2D eigenvalue weighted by atomic mass is 32.2. The molecule has 88 valence electrons. The van der Waals surface area contributed by atoms with Crippen molar-refractivity contribution in [3.63, 3.8) is 0 Å². The molecule has 0 amide bonds. The fourth-order valence-electron chi connectivity index (χ4n) is 1.72. The van der Waals surface area contributed by atoms with E-state index in [-0.39, 0.29) is 11.9 Å². The maximum absolute atomic E-state index is 11.3. The van der Waals surface area contributed by atoms with Gasteiger partial charge in [0.15, 0.2) is 9.84 Å². The van der Waals surface area contributed by atoms with Gasteiger partial charge in [0.1, 0.15) is 0 Å². The number of benzene rings is 1. The molecule has 0 aliphatic carbocycles. The van der Waals surface area contributed by atoms with Crippen molar-refractivity contribution in [1.82, 2.24) is 0 Å². The topological polar surface area (TPSA) is 54.4 Å². The lowest BCUT2D eigenvalue weighted by Gasteiger charge is -2.07. The van der Waals surface area contributed by atoms with E-state index in [0.717, 1.165) is 16.9 Å². The fourth-order valence-corrected chi connectivity index (χ4v) is 5.22. The SMILES string of the molecule is O=S1(=O)CCC(Sc2ccc(CO)cc2)C1. The van der Waals surface area contributed by atoms with Crippen LogP contribution in [0, 0.1) is 0 Å². The van der Waals surface area contributed by atoms with Crippen molar-refractivity contribution in [2.45, 2.75) is 23.2 Å². The molecule has 1 heterocycles. The molecule has 1 saturated heterocycles. The van der Waals surface area contributed by atoms with Crippen molar-refractivity contribution in [2.75, 3.05) is 11.5 Å². The van der Waals surface area contributed by atoms with Gasteiger partial charge in [0.05, 0.1) is 18.1 Å². The minimum absolute atomic E-state index is 0.0444. The van der Waals surface area contributed by atoms with Gasteiger partial charge in [-0.05, 0) is 24.1 Å². The molecule has 0 saturated carbocycles. The summed E-state index contributed by atoms with van der Waals surface area (Å²) in [6.07, 6.45) is 0.745. The van der Waals surface area contributed by atoms with Crippen molar-refractivity contribution in [2.24, 2.45) is 0 Å². The van der Waals surface area contributed by atoms with Crippen LogP contribution in [-0.4, -0.2) is 30.3 Å². The predicted molar refractivity (Wildman–Crippen MR) is 65.3 cm³/mol. The summed E-state index contributed by atoms with van der Waals surface area (Å²) in [4.78, 5) is 1.07. The third-order valence-corrected chi connectivity index (χ3v) is 5.86. The summed E-state index contributed by atoms with van der Waals surface area (Å²) in [5, 5.41) is 9.08. The van der Waals surface area contributed by atoms with E-state index in [0.29, 0.717) is 11.5 Å². The maximum atomic E-state index is 11.3. The van der Waals surface area contributed by atoms with Gasteiger partial charge in [-0.25, -0.2) is 8.42 Å². The minimum atomic E-state index is -2.79. The zero-order valence-corrected chi connectivity index (χ0v) is 10.4. The molecule has 16 heavy (non-hydrogen) atoms. The van der Waals surface area contributed by atoms with Crippen LogP contribution < -0.4 is 0 Å². The first-order chi connectivity index (χ1) is 7.59. The average Bonchev–Trinajstić information content (AvgIpc) is 2.59. The molecule has 1 aromatic carbocycles. The molecule has 1 atom stereocenters. The van der Waals surface area contributed by atoms with Crippen molar-refractivity contribution in [3.05, 3.63) is 29.8 Å². The zero-order chi connectivity index (χ0) is 11.6. The summed E-state index contributed by atoms with van der Waals surface area (Å²) in [6.45, 7) is 0.0444. The van der Waals surface area contributed by atoms with E-state index in [2.05, 4.69) is 0 Å². The van der Waals surface area contributed by atoms with Gasteiger partial charge in [0, 0.05) is 10.1 Å². The van der Waals surface area contributed by atoms with Gasteiger partial charge >= 0.3 is 0 Å². The Hall–Kier alpha value is -0.520. The zero-order valence-electron chi connectivity index (χ0n) is 8.80. The minimum Gasteiger partial charge on any atom is -0.392 e. The lowest BCUT2D eigenvalue weighted by atomic mass is 10.2. The van der Waals surface area contributed by atoms with E-state index in [1.54, 1.807) is 11.8 Å². The number of sulfone groups is 1. The van der Waals surface area contributed by atoms with Gasteiger partial charge in [0.25, 0.3) is 0 Å². The molecule has 1 aromatic rings. The predicted octanol–water partition coefficient (Wildman–Crippen LogP) is 1.46. The first-order valence-corrected chi connectivity index (χ1v) is 7.86. The van der Waals surface area contributed by atoms with Gasteiger partial charge in [-0.3, -0.25) is 0 Å². The Morgan fingerprint density at radius 1 is 1.31 bits per heavy atom. The highest BCUT2D eigenvalue weighted by Crippen LogP contribution is 2.30. The molecular formula is C11H14O3S2. The molecule has 2 rings (SSSR count).